The number of hydrogen-bond acceptors (Lipinski definition) is 2. The molecule has 0 saturated heterocycles. The van der Waals surface area contributed by atoms with Crippen LogP contribution in [0.2, 0.25) is 0 Å². The van der Waals surface area contributed by atoms with Crippen LogP contribution >= 0.6 is 11.8 Å². The van der Waals surface area contributed by atoms with Crippen LogP contribution in [0.3, 0.4) is 0 Å². The fourth-order valence-electron chi connectivity index (χ4n) is 2.16. The first kappa shape index (κ1) is 12.4. The summed E-state index contributed by atoms with van der Waals surface area (Å²) in [6, 6.07) is 10.2. The van der Waals surface area contributed by atoms with E-state index in [1.165, 1.54) is 10.5 Å². The topological polar surface area (TPSA) is 17.1 Å². The molecule has 1 aliphatic carbocycles. The molecule has 1 aromatic rings. The highest BCUT2D eigenvalue weighted by Gasteiger charge is 2.50. The molecule has 0 radical (unpaired) electrons. The van der Waals surface area contributed by atoms with Crippen LogP contribution in [-0.4, -0.2) is 10.5 Å². The lowest BCUT2D eigenvalue weighted by Crippen LogP contribution is -2.50. The molecule has 1 aliphatic rings. The number of carbonyl (C=O) groups is 1. The first-order valence-corrected chi connectivity index (χ1v) is 6.76. The number of thioether (sulfide) groups is 1. The van der Waals surface area contributed by atoms with E-state index in [0.717, 1.165) is 0 Å². The van der Waals surface area contributed by atoms with Gasteiger partial charge in [-0.2, -0.15) is 0 Å². The Balaban J connectivity index is 2.17. The zero-order valence-electron chi connectivity index (χ0n) is 10.6. The highest BCUT2D eigenvalue weighted by atomic mass is 32.2. The molecule has 0 heterocycles. The second-order valence-corrected chi connectivity index (χ2v) is 6.52. The minimum Gasteiger partial charge on any atom is -0.298 e. The number of carbonyl (C=O) groups excluding carboxylic acids is 1. The van der Waals surface area contributed by atoms with Gasteiger partial charge in [0, 0.05) is 17.2 Å². The molecule has 0 amide bonds. The van der Waals surface area contributed by atoms with Crippen LogP contribution in [0.1, 0.15) is 27.2 Å². The summed E-state index contributed by atoms with van der Waals surface area (Å²) in [5.41, 5.74) is 1.29. The van der Waals surface area contributed by atoms with E-state index in [-0.39, 0.29) is 4.75 Å². The molecule has 2 heteroatoms. The van der Waals surface area contributed by atoms with Gasteiger partial charge in [0.15, 0.2) is 0 Å². The molecule has 0 aliphatic heterocycles. The van der Waals surface area contributed by atoms with Crippen molar-refractivity contribution in [1.82, 2.24) is 0 Å². The molecule has 0 bridgehead atoms. The van der Waals surface area contributed by atoms with E-state index >= 15 is 0 Å². The maximum Gasteiger partial charge on any atom is 0.150 e. The van der Waals surface area contributed by atoms with Crippen LogP contribution in [-0.2, 0) is 4.79 Å². The van der Waals surface area contributed by atoms with Gasteiger partial charge in [0.05, 0.1) is 4.75 Å². The van der Waals surface area contributed by atoms with Gasteiger partial charge in [-0.25, -0.2) is 0 Å². The van der Waals surface area contributed by atoms with Crippen LogP contribution in [0.15, 0.2) is 46.9 Å². The van der Waals surface area contributed by atoms with Gasteiger partial charge >= 0.3 is 0 Å². The molecule has 1 nitrogen and oxygen atoms in total. The molecule has 0 spiro atoms. The Bertz CT molecular complexity index is 445. The van der Waals surface area contributed by atoms with Crippen LogP contribution in [0.5, 0.6) is 0 Å². The van der Waals surface area contributed by atoms with Crippen LogP contribution < -0.4 is 0 Å². The maximum absolute atomic E-state index is 11.9. The number of ketones is 1. The van der Waals surface area contributed by atoms with Crippen LogP contribution in [0.4, 0.5) is 0 Å². The molecule has 2 rings (SSSR count). The fourth-order valence-corrected chi connectivity index (χ4v) is 3.44. The van der Waals surface area contributed by atoms with Crippen molar-refractivity contribution in [2.24, 2.45) is 5.92 Å². The maximum atomic E-state index is 11.9. The van der Waals surface area contributed by atoms with E-state index in [9.17, 15) is 4.79 Å². The Kier molecular flexibility index (Phi) is 3.43. The molecule has 90 valence electrons. The van der Waals surface area contributed by atoms with E-state index < -0.39 is 0 Å². The number of allylic oxidation sites excluding steroid dienone is 2. The SMILES string of the molecule is CC(C)=C[C@H]1CC(=O)[C@]1(C)Sc1ccccc1. The average Bonchev–Trinajstić information content (AvgIpc) is 2.29. The van der Waals surface area contributed by atoms with Crippen molar-refractivity contribution in [2.75, 3.05) is 0 Å². The molecule has 17 heavy (non-hydrogen) atoms. The second-order valence-electron chi connectivity index (χ2n) is 5.00. The molecular weight excluding hydrogens is 228 g/mol. The molecule has 1 saturated carbocycles. The fraction of sp³-hybridized carbons (Fsp3) is 0.400. The lowest BCUT2D eigenvalue weighted by atomic mass is 9.72. The molecule has 2 atom stereocenters. The van der Waals surface area contributed by atoms with Gasteiger partial charge in [-0.05, 0) is 32.9 Å². The largest absolute Gasteiger partial charge is 0.298 e. The number of hydrogen-bond donors (Lipinski definition) is 0. The number of benzene rings is 1. The first-order chi connectivity index (χ1) is 8.02. The predicted molar refractivity (Wildman–Crippen MR) is 73.2 cm³/mol. The summed E-state index contributed by atoms with van der Waals surface area (Å²) in [6.07, 6.45) is 2.93. The third-order valence-electron chi connectivity index (χ3n) is 3.27. The Labute approximate surface area is 107 Å². The zero-order valence-corrected chi connectivity index (χ0v) is 11.4. The minimum atomic E-state index is -0.265. The monoisotopic (exact) mass is 246 g/mol. The summed E-state index contributed by atoms with van der Waals surface area (Å²) in [6.45, 7) is 6.26. The van der Waals surface area contributed by atoms with Gasteiger partial charge in [0.25, 0.3) is 0 Å². The van der Waals surface area contributed by atoms with E-state index in [1.807, 2.05) is 18.2 Å². The summed E-state index contributed by atoms with van der Waals surface area (Å²) in [5, 5.41) is 0. The Morgan fingerprint density at radius 1 is 1.35 bits per heavy atom. The molecule has 0 N–H and O–H groups in total. The van der Waals surface area contributed by atoms with Crippen LogP contribution in [0.25, 0.3) is 0 Å². The van der Waals surface area contributed by atoms with Gasteiger partial charge < -0.3 is 0 Å². The predicted octanol–water partition coefficient (Wildman–Crippen LogP) is 4.09. The van der Waals surface area contributed by atoms with Crippen molar-refractivity contribution in [3.8, 4) is 0 Å². The van der Waals surface area contributed by atoms with Crippen molar-refractivity contribution < 1.29 is 4.79 Å². The quantitative estimate of drug-likeness (QED) is 0.747. The van der Waals surface area contributed by atoms with E-state index in [1.54, 1.807) is 11.8 Å². The van der Waals surface area contributed by atoms with E-state index in [2.05, 4.69) is 39.0 Å². The smallest absolute Gasteiger partial charge is 0.150 e. The van der Waals surface area contributed by atoms with Gasteiger partial charge in [-0.15, -0.1) is 11.8 Å². The third kappa shape index (κ3) is 2.47. The van der Waals surface area contributed by atoms with Gasteiger partial charge in [-0.1, -0.05) is 29.8 Å². The molecule has 0 aromatic heterocycles. The van der Waals surface area contributed by atoms with Gasteiger partial charge in [-0.3, -0.25) is 4.79 Å². The summed E-state index contributed by atoms with van der Waals surface area (Å²) in [4.78, 5) is 13.1. The van der Waals surface area contributed by atoms with Crippen molar-refractivity contribution in [3.05, 3.63) is 42.0 Å². The molecule has 1 fully saturated rings. The van der Waals surface area contributed by atoms with Gasteiger partial charge in [0.2, 0.25) is 0 Å². The lowest BCUT2D eigenvalue weighted by Gasteiger charge is -2.43. The second kappa shape index (κ2) is 4.69. The first-order valence-electron chi connectivity index (χ1n) is 5.95. The lowest BCUT2D eigenvalue weighted by molar-refractivity contribution is -0.128. The summed E-state index contributed by atoms with van der Waals surface area (Å²) >= 11 is 1.70. The Hall–Kier alpha value is -1.02. The molecule has 0 unspecified atom stereocenters. The van der Waals surface area contributed by atoms with Crippen molar-refractivity contribution in [3.63, 3.8) is 0 Å². The van der Waals surface area contributed by atoms with Crippen molar-refractivity contribution in [2.45, 2.75) is 36.8 Å². The van der Waals surface area contributed by atoms with Gasteiger partial charge in [0.1, 0.15) is 5.78 Å². The Morgan fingerprint density at radius 3 is 2.53 bits per heavy atom. The van der Waals surface area contributed by atoms with Crippen LogP contribution in [0, 0.1) is 5.92 Å². The third-order valence-corrected chi connectivity index (χ3v) is 4.74. The minimum absolute atomic E-state index is 0.265. The highest BCUT2D eigenvalue weighted by Crippen LogP contribution is 2.49. The normalized spacial score (nSPS) is 27.5. The average molecular weight is 246 g/mol. The van der Waals surface area contributed by atoms with Crippen molar-refractivity contribution >= 4 is 17.5 Å². The summed E-state index contributed by atoms with van der Waals surface area (Å²) < 4.78 is -0.265. The Morgan fingerprint density at radius 2 is 2.00 bits per heavy atom. The molecular formula is C15H18OS. The number of Topliss-reactive ketones (excluding diaryl/α,β-unsaturated/α-hetero) is 1. The summed E-state index contributed by atoms with van der Waals surface area (Å²) in [7, 11) is 0. The summed E-state index contributed by atoms with van der Waals surface area (Å²) in [5.74, 6) is 0.749. The van der Waals surface area contributed by atoms with E-state index in [0.29, 0.717) is 18.1 Å². The zero-order chi connectivity index (χ0) is 12.5. The van der Waals surface area contributed by atoms with Crippen molar-refractivity contribution in [1.29, 1.82) is 0 Å². The number of rotatable bonds is 3. The highest BCUT2D eigenvalue weighted by molar-refractivity contribution is 8.01. The molecule has 1 aromatic carbocycles. The standard InChI is InChI=1S/C15H18OS/c1-11(2)9-12-10-14(16)15(12,3)17-13-7-5-4-6-8-13/h4-9,12H,10H2,1-3H3/t12-,15+/m0/s1. The van der Waals surface area contributed by atoms with E-state index in [4.69, 9.17) is 0 Å².